The number of benzene rings is 2. The minimum atomic E-state index is -0.533. The summed E-state index contributed by atoms with van der Waals surface area (Å²) in [7, 11) is 0. The molecule has 2 amide bonds. The maximum Gasteiger partial charge on any atom is 0.242 e. The first-order chi connectivity index (χ1) is 15.3. The summed E-state index contributed by atoms with van der Waals surface area (Å²) in [5.74, 6) is 0.800. The molecule has 0 saturated heterocycles. The predicted molar refractivity (Wildman–Crippen MR) is 134 cm³/mol. The number of carbonyl (C=O) groups is 2. The second-order valence-corrected chi connectivity index (χ2v) is 10.2. The van der Waals surface area contributed by atoms with Gasteiger partial charge in [-0.2, -0.15) is 0 Å². The van der Waals surface area contributed by atoms with Gasteiger partial charge in [0.1, 0.15) is 6.04 Å². The van der Waals surface area contributed by atoms with Gasteiger partial charge in [0.15, 0.2) is 0 Å². The highest BCUT2D eigenvalue weighted by Gasteiger charge is 2.28. The van der Waals surface area contributed by atoms with Crippen LogP contribution in [0.3, 0.4) is 0 Å². The molecule has 0 spiro atoms. The molecule has 3 rings (SSSR count). The molecular weight excluding hydrogens is 463 g/mol. The van der Waals surface area contributed by atoms with E-state index in [2.05, 4.69) is 11.4 Å². The van der Waals surface area contributed by atoms with Crippen LogP contribution in [0.4, 0.5) is 0 Å². The molecule has 0 aromatic heterocycles. The molecule has 0 unspecified atom stereocenters. The van der Waals surface area contributed by atoms with Crippen LogP contribution < -0.4 is 5.32 Å². The van der Waals surface area contributed by atoms with E-state index in [0.717, 1.165) is 42.4 Å². The number of hydrogen-bond donors (Lipinski definition) is 1. The molecule has 172 valence electrons. The molecule has 1 atom stereocenters. The molecule has 7 heteroatoms. The van der Waals surface area contributed by atoms with Gasteiger partial charge in [-0.25, -0.2) is 0 Å². The Labute approximate surface area is 205 Å². The molecule has 1 saturated carbocycles. The van der Waals surface area contributed by atoms with Crippen molar-refractivity contribution in [3.05, 3.63) is 69.2 Å². The zero-order valence-corrected chi connectivity index (χ0v) is 20.9. The van der Waals surface area contributed by atoms with E-state index < -0.39 is 6.04 Å². The molecule has 1 aliphatic rings. The molecule has 1 N–H and O–H groups in total. The van der Waals surface area contributed by atoms with Gasteiger partial charge in [0.2, 0.25) is 11.8 Å². The third-order valence-corrected chi connectivity index (χ3v) is 7.51. The monoisotopic (exact) mass is 492 g/mol. The van der Waals surface area contributed by atoms with Gasteiger partial charge < -0.3 is 10.2 Å². The summed E-state index contributed by atoms with van der Waals surface area (Å²) in [5, 5.41) is 4.16. The molecule has 0 heterocycles. The topological polar surface area (TPSA) is 49.4 Å². The summed E-state index contributed by atoms with van der Waals surface area (Å²) < 4.78 is 0. The van der Waals surface area contributed by atoms with E-state index in [1.54, 1.807) is 11.0 Å². The highest BCUT2D eigenvalue weighted by atomic mass is 35.5. The Balaban J connectivity index is 1.66. The largest absolute Gasteiger partial charge is 0.352 e. The zero-order chi connectivity index (χ0) is 23.1. The second kappa shape index (κ2) is 12.0. The third-order valence-electron chi connectivity index (χ3n) is 5.78. The molecule has 2 aromatic rings. The second-order valence-electron chi connectivity index (χ2n) is 8.42. The maximum atomic E-state index is 13.2. The number of hydrogen-bond acceptors (Lipinski definition) is 3. The van der Waals surface area contributed by atoms with Gasteiger partial charge in [-0.1, -0.05) is 71.9 Å². The van der Waals surface area contributed by atoms with Crippen LogP contribution in [0.15, 0.2) is 42.5 Å². The fourth-order valence-electron chi connectivity index (χ4n) is 3.95. The smallest absolute Gasteiger partial charge is 0.242 e. The van der Waals surface area contributed by atoms with Crippen LogP contribution >= 0.6 is 35.0 Å². The number of halogens is 2. The number of nitrogens with zero attached hydrogens (tertiary/aromatic N) is 1. The van der Waals surface area contributed by atoms with E-state index in [-0.39, 0.29) is 23.6 Å². The molecule has 0 radical (unpaired) electrons. The van der Waals surface area contributed by atoms with E-state index in [1.807, 2.05) is 44.2 Å². The summed E-state index contributed by atoms with van der Waals surface area (Å²) in [4.78, 5) is 27.8. The van der Waals surface area contributed by atoms with Gasteiger partial charge in [-0.05, 0) is 49.9 Å². The minimum absolute atomic E-state index is 0.0503. The SMILES string of the molecule is Cc1cccc(CN(C(=O)CSCc2ccc(Cl)c(Cl)c2)[C@@H](C)C(=O)NC2CCCC2)c1. The number of nitrogens with one attached hydrogen (secondary N) is 1. The van der Waals surface area contributed by atoms with Crippen molar-refractivity contribution in [2.24, 2.45) is 0 Å². The predicted octanol–water partition coefficient (Wildman–Crippen LogP) is 6.01. The normalized spacial score (nSPS) is 14.9. The Morgan fingerprint density at radius 3 is 2.53 bits per heavy atom. The van der Waals surface area contributed by atoms with Gasteiger partial charge in [-0.3, -0.25) is 9.59 Å². The number of amides is 2. The first kappa shape index (κ1) is 24.9. The average molecular weight is 494 g/mol. The number of rotatable bonds is 9. The van der Waals surface area contributed by atoms with Crippen molar-refractivity contribution in [3.8, 4) is 0 Å². The van der Waals surface area contributed by atoms with E-state index in [1.165, 1.54) is 11.8 Å². The Bertz CT molecular complexity index is 947. The van der Waals surface area contributed by atoms with Crippen molar-refractivity contribution in [2.45, 2.75) is 63.9 Å². The Hall–Kier alpha value is -1.69. The molecule has 0 aliphatic heterocycles. The summed E-state index contributed by atoms with van der Waals surface area (Å²) >= 11 is 13.6. The molecule has 0 bridgehead atoms. The van der Waals surface area contributed by atoms with Crippen molar-refractivity contribution < 1.29 is 9.59 Å². The van der Waals surface area contributed by atoms with E-state index in [4.69, 9.17) is 23.2 Å². The van der Waals surface area contributed by atoms with Crippen LogP contribution in [-0.4, -0.2) is 34.6 Å². The fraction of sp³-hybridized carbons (Fsp3) is 0.440. The zero-order valence-electron chi connectivity index (χ0n) is 18.6. The standard InChI is InChI=1S/C25H30Cl2N2O2S/c1-17-6-5-7-19(12-17)14-29(18(2)25(31)28-21-8-3-4-9-21)24(30)16-32-15-20-10-11-22(26)23(27)13-20/h5-7,10-13,18,21H,3-4,8-9,14-16H2,1-2H3,(H,28,31)/t18-/m0/s1. The summed E-state index contributed by atoms with van der Waals surface area (Å²) in [6.07, 6.45) is 4.33. The van der Waals surface area contributed by atoms with E-state index in [9.17, 15) is 9.59 Å². The highest BCUT2D eigenvalue weighted by molar-refractivity contribution is 7.99. The quantitative estimate of drug-likeness (QED) is 0.466. The third kappa shape index (κ3) is 7.16. The Kier molecular flexibility index (Phi) is 9.33. The van der Waals surface area contributed by atoms with Crippen LogP contribution in [-0.2, 0) is 21.9 Å². The lowest BCUT2D eigenvalue weighted by Crippen LogP contribution is -2.50. The summed E-state index contributed by atoms with van der Waals surface area (Å²) in [5.41, 5.74) is 3.16. The summed E-state index contributed by atoms with van der Waals surface area (Å²) in [6, 6.07) is 13.3. The van der Waals surface area contributed by atoms with Crippen LogP contribution in [0.5, 0.6) is 0 Å². The molecule has 2 aromatic carbocycles. The number of aryl methyl sites for hydroxylation is 1. The number of carbonyl (C=O) groups excluding carboxylic acids is 2. The highest BCUT2D eigenvalue weighted by Crippen LogP contribution is 2.25. The maximum absolute atomic E-state index is 13.2. The van der Waals surface area contributed by atoms with Gasteiger partial charge in [-0.15, -0.1) is 11.8 Å². The van der Waals surface area contributed by atoms with E-state index in [0.29, 0.717) is 22.3 Å². The van der Waals surface area contributed by atoms with Crippen molar-refractivity contribution in [2.75, 3.05) is 5.75 Å². The lowest BCUT2D eigenvalue weighted by atomic mass is 10.1. The lowest BCUT2D eigenvalue weighted by molar-refractivity contribution is -0.138. The van der Waals surface area contributed by atoms with Crippen LogP contribution in [0, 0.1) is 6.92 Å². The molecule has 32 heavy (non-hydrogen) atoms. The summed E-state index contributed by atoms with van der Waals surface area (Å²) in [6.45, 7) is 4.26. The van der Waals surface area contributed by atoms with Crippen molar-refractivity contribution in [1.29, 1.82) is 0 Å². The van der Waals surface area contributed by atoms with Crippen LogP contribution in [0.1, 0.15) is 49.3 Å². The molecule has 1 fully saturated rings. The molecule has 4 nitrogen and oxygen atoms in total. The van der Waals surface area contributed by atoms with E-state index >= 15 is 0 Å². The Morgan fingerprint density at radius 2 is 1.84 bits per heavy atom. The van der Waals surface area contributed by atoms with Crippen LogP contribution in [0.25, 0.3) is 0 Å². The van der Waals surface area contributed by atoms with Gasteiger partial charge >= 0.3 is 0 Å². The van der Waals surface area contributed by atoms with Crippen molar-refractivity contribution in [3.63, 3.8) is 0 Å². The molecular formula is C25H30Cl2N2O2S. The first-order valence-corrected chi connectivity index (χ1v) is 12.9. The first-order valence-electron chi connectivity index (χ1n) is 11.0. The molecule has 1 aliphatic carbocycles. The minimum Gasteiger partial charge on any atom is -0.352 e. The van der Waals surface area contributed by atoms with Gasteiger partial charge in [0.25, 0.3) is 0 Å². The van der Waals surface area contributed by atoms with Crippen molar-refractivity contribution in [1.82, 2.24) is 10.2 Å². The lowest BCUT2D eigenvalue weighted by Gasteiger charge is -2.30. The van der Waals surface area contributed by atoms with Gasteiger partial charge in [0.05, 0.1) is 15.8 Å². The van der Waals surface area contributed by atoms with Gasteiger partial charge in [0, 0.05) is 18.3 Å². The average Bonchev–Trinajstić information content (AvgIpc) is 3.27. The number of thioether (sulfide) groups is 1. The van der Waals surface area contributed by atoms with Crippen LogP contribution in [0.2, 0.25) is 10.0 Å². The fourth-order valence-corrected chi connectivity index (χ4v) is 5.13. The van der Waals surface area contributed by atoms with Crippen molar-refractivity contribution >= 4 is 46.8 Å². The Morgan fingerprint density at radius 1 is 1.09 bits per heavy atom.